The summed E-state index contributed by atoms with van der Waals surface area (Å²) >= 11 is 0. The van der Waals surface area contributed by atoms with Crippen molar-refractivity contribution in [1.82, 2.24) is 0 Å². The summed E-state index contributed by atoms with van der Waals surface area (Å²) in [7, 11) is 0. The fourth-order valence-corrected chi connectivity index (χ4v) is 8.19. The Bertz CT molecular complexity index is 1060. The topological polar surface area (TPSA) is 78.9 Å². The summed E-state index contributed by atoms with van der Waals surface area (Å²) in [5.41, 5.74) is 1.43. The second-order valence-corrected chi connectivity index (χ2v) is 15.3. The average molecular weight is 615 g/mol. The van der Waals surface area contributed by atoms with Crippen LogP contribution in [0.15, 0.2) is 37.5 Å². The van der Waals surface area contributed by atoms with Crippen LogP contribution in [0.4, 0.5) is 0 Å². The molecule has 0 spiro atoms. The van der Waals surface area contributed by atoms with E-state index in [1.54, 1.807) is 6.92 Å². The molecule has 0 amide bonds. The molecular weight excluding hydrogens is 552 g/mol. The van der Waals surface area contributed by atoms with Gasteiger partial charge in [-0.3, -0.25) is 0 Å². The van der Waals surface area contributed by atoms with Crippen LogP contribution in [0.1, 0.15) is 127 Å². The van der Waals surface area contributed by atoms with Gasteiger partial charge in [0.1, 0.15) is 12.2 Å². The molecule has 250 valence electrons. The fourth-order valence-electron chi connectivity index (χ4n) is 8.19. The Labute approximate surface area is 268 Å². The van der Waals surface area contributed by atoms with E-state index in [-0.39, 0.29) is 40.9 Å². The number of rotatable bonds is 11. The smallest absolute Gasteiger partial charge is 0.333 e. The van der Waals surface area contributed by atoms with Crippen molar-refractivity contribution in [2.45, 2.75) is 139 Å². The second kappa shape index (κ2) is 15.3. The molecule has 4 fully saturated rings. The minimum atomic E-state index is -0.310. The minimum Gasteiger partial charge on any atom is -0.462 e. The maximum atomic E-state index is 11.6. The zero-order valence-corrected chi connectivity index (χ0v) is 29.4. The molecule has 4 aliphatic rings. The standard InChI is InChI=1S/C14H22O2.C13H20O2.C11H20O2/c1-9(2)12(15)16-11-8-10-6-7-14(11,5)13(10,3)4;1-5-11(14)15-10-8-9-6-7-13(10,4)12(9,2)3;1-4-7-8-10(5-2)9-13-11(12)6-3/h10-11H,1,6-8H2,2-5H3;5,9-10H,1,6-8H2,2-4H3;6,10H,3-5,7-9H2,1-2H3. The molecule has 7 unspecified atom stereocenters. The van der Waals surface area contributed by atoms with Crippen molar-refractivity contribution in [3.8, 4) is 0 Å². The Morgan fingerprint density at radius 3 is 1.64 bits per heavy atom. The average Bonchev–Trinajstić information content (AvgIpc) is 3.50. The predicted molar refractivity (Wildman–Crippen MR) is 178 cm³/mol. The van der Waals surface area contributed by atoms with Crippen molar-refractivity contribution >= 4 is 17.9 Å². The molecule has 0 aromatic heterocycles. The fraction of sp³-hybridized carbons (Fsp3) is 0.763. The zero-order valence-electron chi connectivity index (χ0n) is 29.4. The Morgan fingerprint density at radius 2 is 1.30 bits per heavy atom. The van der Waals surface area contributed by atoms with E-state index in [1.807, 2.05) is 0 Å². The lowest BCUT2D eigenvalue weighted by Crippen LogP contribution is -2.38. The highest BCUT2D eigenvalue weighted by Crippen LogP contribution is 2.67. The summed E-state index contributed by atoms with van der Waals surface area (Å²) in [4.78, 5) is 33.6. The largest absolute Gasteiger partial charge is 0.462 e. The molecule has 4 saturated carbocycles. The highest BCUT2D eigenvalue weighted by atomic mass is 16.6. The van der Waals surface area contributed by atoms with Gasteiger partial charge in [-0.05, 0) is 80.5 Å². The quantitative estimate of drug-likeness (QED) is 0.131. The van der Waals surface area contributed by atoms with E-state index in [2.05, 4.69) is 75.1 Å². The molecule has 0 aromatic rings. The molecule has 0 aliphatic heterocycles. The molecule has 6 nitrogen and oxygen atoms in total. The molecule has 0 saturated heterocycles. The monoisotopic (exact) mass is 614 g/mol. The van der Waals surface area contributed by atoms with Crippen LogP contribution in [0.3, 0.4) is 0 Å². The number of ether oxygens (including phenoxy) is 3. The molecule has 4 bridgehead atoms. The first-order valence-electron chi connectivity index (χ1n) is 16.9. The summed E-state index contributed by atoms with van der Waals surface area (Å²) in [5, 5.41) is 0. The minimum absolute atomic E-state index is 0.0884. The summed E-state index contributed by atoms with van der Waals surface area (Å²) in [5.74, 6) is 1.13. The molecule has 0 radical (unpaired) electrons. The molecule has 4 aliphatic carbocycles. The number of esters is 3. The summed E-state index contributed by atoms with van der Waals surface area (Å²) in [6.45, 7) is 30.8. The van der Waals surface area contributed by atoms with Crippen LogP contribution < -0.4 is 0 Å². The van der Waals surface area contributed by atoms with Gasteiger partial charge < -0.3 is 14.2 Å². The van der Waals surface area contributed by atoms with E-state index in [4.69, 9.17) is 14.2 Å². The van der Waals surface area contributed by atoms with Crippen molar-refractivity contribution in [2.24, 2.45) is 39.4 Å². The number of hydrogen-bond donors (Lipinski definition) is 0. The van der Waals surface area contributed by atoms with Crippen LogP contribution in [0.2, 0.25) is 0 Å². The van der Waals surface area contributed by atoms with Crippen LogP contribution >= 0.6 is 0 Å². The van der Waals surface area contributed by atoms with Crippen LogP contribution in [-0.4, -0.2) is 36.7 Å². The first kappa shape index (κ1) is 37.8. The Balaban J connectivity index is 0.000000232. The third kappa shape index (κ3) is 7.88. The lowest BCUT2D eigenvalue weighted by molar-refractivity contribution is -0.152. The van der Waals surface area contributed by atoms with E-state index in [0.29, 0.717) is 40.8 Å². The molecule has 0 heterocycles. The zero-order chi connectivity index (χ0) is 33.5. The van der Waals surface area contributed by atoms with Gasteiger partial charge in [0.25, 0.3) is 0 Å². The van der Waals surface area contributed by atoms with Crippen molar-refractivity contribution in [3.63, 3.8) is 0 Å². The predicted octanol–water partition coefficient (Wildman–Crippen LogP) is 9.18. The lowest BCUT2D eigenvalue weighted by Gasteiger charge is -2.38. The Morgan fingerprint density at radius 1 is 0.818 bits per heavy atom. The first-order chi connectivity index (χ1) is 20.4. The third-order valence-corrected chi connectivity index (χ3v) is 12.6. The highest BCUT2D eigenvalue weighted by Gasteiger charge is 2.63. The number of carbonyl (C=O) groups excluding carboxylic acids is 3. The van der Waals surface area contributed by atoms with Gasteiger partial charge in [0.15, 0.2) is 0 Å². The molecule has 4 rings (SSSR count). The van der Waals surface area contributed by atoms with E-state index in [0.717, 1.165) is 25.7 Å². The van der Waals surface area contributed by atoms with Gasteiger partial charge >= 0.3 is 17.9 Å². The summed E-state index contributed by atoms with van der Waals surface area (Å²) < 4.78 is 16.1. The number of carbonyl (C=O) groups is 3. The van der Waals surface area contributed by atoms with Gasteiger partial charge in [0, 0.05) is 28.6 Å². The Kier molecular flexibility index (Phi) is 13.1. The molecule has 0 N–H and O–H groups in total. The molecule has 44 heavy (non-hydrogen) atoms. The maximum Gasteiger partial charge on any atom is 0.333 e. The van der Waals surface area contributed by atoms with Gasteiger partial charge in [-0.15, -0.1) is 0 Å². The lowest BCUT2D eigenvalue weighted by atomic mass is 9.70. The van der Waals surface area contributed by atoms with Gasteiger partial charge in [-0.2, -0.15) is 0 Å². The maximum absolute atomic E-state index is 11.6. The molecular formula is C38H62O6. The number of hydrogen-bond acceptors (Lipinski definition) is 6. The SMILES string of the molecule is C=C(C)C(=O)OC1CC2CCC1(C)C2(C)C.C=CC(=O)OC1CC2CCC1(C)C2(C)C.C=CC(=O)OCC(CC)CCCC. The highest BCUT2D eigenvalue weighted by molar-refractivity contribution is 5.87. The van der Waals surface area contributed by atoms with Crippen LogP contribution in [0.25, 0.3) is 0 Å². The normalized spacial score (nSPS) is 32.2. The van der Waals surface area contributed by atoms with Gasteiger partial charge in [-0.1, -0.05) is 94.4 Å². The molecule has 7 atom stereocenters. The third-order valence-electron chi connectivity index (χ3n) is 12.6. The first-order valence-corrected chi connectivity index (χ1v) is 16.9. The van der Waals surface area contributed by atoms with Crippen LogP contribution in [0.5, 0.6) is 0 Å². The summed E-state index contributed by atoms with van der Waals surface area (Å²) in [6.07, 6.45) is 14.3. The van der Waals surface area contributed by atoms with Crippen LogP contribution in [0, 0.1) is 39.4 Å². The van der Waals surface area contributed by atoms with Gasteiger partial charge in [0.2, 0.25) is 0 Å². The van der Waals surface area contributed by atoms with Crippen molar-refractivity contribution in [3.05, 3.63) is 37.5 Å². The second-order valence-electron chi connectivity index (χ2n) is 15.3. The van der Waals surface area contributed by atoms with Crippen molar-refractivity contribution in [1.29, 1.82) is 0 Å². The van der Waals surface area contributed by atoms with Crippen LogP contribution in [-0.2, 0) is 28.6 Å². The van der Waals surface area contributed by atoms with E-state index < -0.39 is 0 Å². The molecule has 0 aromatic carbocycles. The van der Waals surface area contributed by atoms with Gasteiger partial charge in [0.05, 0.1) is 6.61 Å². The summed E-state index contributed by atoms with van der Waals surface area (Å²) in [6, 6.07) is 0. The number of fused-ring (bicyclic) bond motifs is 4. The Hall–Kier alpha value is -2.37. The van der Waals surface area contributed by atoms with E-state index in [9.17, 15) is 14.4 Å². The molecule has 6 heteroatoms. The van der Waals surface area contributed by atoms with E-state index >= 15 is 0 Å². The van der Waals surface area contributed by atoms with Crippen molar-refractivity contribution in [2.75, 3.05) is 6.61 Å². The number of unbranched alkanes of at least 4 members (excludes halogenated alkanes) is 1. The van der Waals surface area contributed by atoms with Crippen molar-refractivity contribution < 1.29 is 28.6 Å². The van der Waals surface area contributed by atoms with E-state index in [1.165, 1.54) is 50.7 Å². The van der Waals surface area contributed by atoms with Gasteiger partial charge in [-0.25, -0.2) is 14.4 Å².